The van der Waals surface area contributed by atoms with Gasteiger partial charge in [0.15, 0.2) is 0 Å². The predicted molar refractivity (Wildman–Crippen MR) is 100 cm³/mol. The molecule has 0 aliphatic carbocycles. The number of hydrogen-bond donors (Lipinski definition) is 1. The molecule has 1 aromatic heterocycles. The van der Waals surface area contributed by atoms with Crippen molar-refractivity contribution in [3.05, 3.63) is 76.7 Å². The number of benzene rings is 2. The summed E-state index contributed by atoms with van der Waals surface area (Å²) in [5.41, 5.74) is 3.05. The van der Waals surface area contributed by atoms with E-state index in [-0.39, 0.29) is 5.91 Å². The summed E-state index contributed by atoms with van der Waals surface area (Å²) < 4.78 is 4.85. The van der Waals surface area contributed by atoms with Crippen LogP contribution < -0.4 is 5.32 Å². The summed E-state index contributed by atoms with van der Waals surface area (Å²) >= 11 is 1.30. The normalized spacial score (nSPS) is 10.3. The van der Waals surface area contributed by atoms with Crippen LogP contribution in [0, 0.1) is 6.92 Å². The van der Waals surface area contributed by atoms with Crippen molar-refractivity contribution in [3.8, 4) is 10.4 Å². The lowest BCUT2D eigenvalue weighted by Crippen LogP contribution is -2.13. The van der Waals surface area contributed by atoms with Gasteiger partial charge in [0.25, 0.3) is 5.91 Å². The number of hydrogen-bond acceptors (Lipinski definition) is 4. The maximum atomic E-state index is 12.5. The SMILES string of the molecule is COC(=O)c1sc(-c2ccccc2)cc1NC(=O)c1ccc(C)cc1. The lowest BCUT2D eigenvalue weighted by Gasteiger charge is -2.05. The number of esters is 1. The molecule has 3 aromatic rings. The fraction of sp³-hybridized carbons (Fsp3) is 0.100. The van der Waals surface area contributed by atoms with Crippen LogP contribution in [0.2, 0.25) is 0 Å². The Bertz CT molecular complexity index is 898. The average Bonchev–Trinajstić information content (AvgIpc) is 3.06. The zero-order valence-corrected chi connectivity index (χ0v) is 14.7. The molecule has 0 spiro atoms. The Morgan fingerprint density at radius 1 is 1.00 bits per heavy atom. The molecule has 0 aliphatic rings. The Morgan fingerprint density at radius 2 is 1.68 bits per heavy atom. The van der Waals surface area contributed by atoms with E-state index >= 15 is 0 Å². The van der Waals surface area contributed by atoms with Gasteiger partial charge in [0, 0.05) is 10.4 Å². The highest BCUT2D eigenvalue weighted by atomic mass is 32.1. The van der Waals surface area contributed by atoms with E-state index in [2.05, 4.69) is 5.32 Å². The minimum Gasteiger partial charge on any atom is -0.465 e. The van der Waals surface area contributed by atoms with E-state index in [1.807, 2.05) is 49.4 Å². The molecule has 0 bridgehead atoms. The van der Waals surface area contributed by atoms with Crippen LogP contribution in [-0.4, -0.2) is 19.0 Å². The van der Waals surface area contributed by atoms with E-state index in [1.165, 1.54) is 18.4 Å². The standard InChI is InChI=1S/C20H17NO3S/c1-13-8-10-15(11-9-13)19(22)21-16-12-17(14-6-4-3-5-7-14)25-18(16)20(23)24-2/h3-12H,1-2H3,(H,21,22). The topological polar surface area (TPSA) is 55.4 Å². The largest absolute Gasteiger partial charge is 0.465 e. The molecule has 0 saturated heterocycles. The fourth-order valence-electron chi connectivity index (χ4n) is 2.37. The summed E-state index contributed by atoms with van der Waals surface area (Å²) in [7, 11) is 1.33. The molecule has 25 heavy (non-hydrogen) atoms. The van der Waals surface area contributed by atoms with Gasteiger partial charge in [-0.3, -0.25) is 4.79 Å². The molecule has 0 unspecified atom stereocenters. The van der Waals surface area contributed by atoms with Crippen LogP contribution in [0.4, 0.5) is 5.69 Å². The number of amides is 1. The first-order valence-electron chi connectivity index (χ1n) is 7.74. The molecule has 0 fully saturated rings. The van der Waals surface area contributed by atoms with Crippen LogP contribution in [0.5, 0.6) is 0 Å². The van der Waals surface area contributed by atoms with E-state index in [9.17, 15) is 9.59 Å². The molecule has 1 amide bonds. The van der Waals surface area contributed by atoms with Crippen molar-refractivity contribution in [2.24, 2.45) is 0 Å². The molecule has 2 aromatic carbocycles. The molecule has 1 N–H and O–H groups in total. The second-order valence-electron chi connectivity index (χ2n) is 5.53. The van der Waals surface area contributed by atoms with Gasteiger partial charge in [-0.15, -0.1) is 11.3 Å². The summed E-state index contributed by atoms with van der Waals surface area (Å²) in [4.78, 5) is 25.8. The Balaban J connectivity index is 1.94. The lowest BCUT2D eigenvalue weighted by molar-refractivity contribution is 0.0607. The van der Waals surface area contributed by atoms with Crippen molar-refractivity contribution >= 4 is 28.9 Å². The molecular weight excluding hydrogens is 334 g/mol. The van der Waals surface area contributed by atoms with Crippen molar-refractivity contribution < 1.29 is 14.3 Å². The number of aryl methyl sites for hydroxylation is 1. The second kappa shape index (κ2) is 7.32. The number of anilines is 1. The van der Waals surface area contributed by atoms with Crippen LogP contribution in [0.1, 0.15) is 25.6 Å². The Hall–Kier alpha value is -2.92. The average molecular weight is 351 g/mol. The molecule has 4 nitrogen and oxygen atoms in total. The van der Waals surface area contributed by atoms with Crippen LogP contribution in [0.25, 0.3) is 10.4 Å². The van der Waals surface area contributed by atoms with Gasteiger partial charge in [0.05, 0.1) is 12.8 Å². The molecule has 0 atom stereocenters. The van der Waals surface area contributed by atoms with Gasteiger partial charge >= 0.3 is 5.97 Å². The molecule has 3 rings (SSSR count). The van der Waals surface area contributed by atoms with Crippen LogP contribution in [0.15, 0.2) is 60.7 Å². The van der Waals surface area contributed by atoms with Gasteiger partial charge in [-0.1, -0.05) is 48.0 Å². The van der Waals surface area contributed by atoms with Gasteiger partial charge in [-0.2, -0.15) is 0 Å². The minimum absolute atomic E-state index is 0.262. The monoisotopic (exact) mass is 351 g/mol. The van der Waals surface area contributed by atoms with Gasteiger partial charge in [-0.05, 0) is 30.7 Å². The molecule has 0 aliphatic heterocycles. The zero-order chi connectivity index (χ0) is 17.8. The van der Waals surface area contributed by atoms with Crippen molar-refractivity contribution in [1.29, 1.82) is 0 Å². The highest BCUT2D eigenvalue weighted by molar-refractivity contribution is 7.18. The smallest absolute Gasteiger partial charge is 0.350 e. The Morgan fingerprint density at radius 3 is 2.32 bits per heavy atom. The van der Waals surface area contributed by atoms with E-state index in [0.29, 0.717) is 16.1 Å². The third kappa shape index (κ3) is 3.78. The Kier molecular flexibility index (Phi) is 4.95. The van der Waals surface area contributed by atoms with E-state index in [4.69, 9.17) is 4.74 Å². The third-order valence-corrected chi connectivity index (χ3v) is 4.89. The maximum Gasteiger partial charge on any atom is 0.350 e. The fourth-order valence-corrected chi connectivity index (χ4v) is 3.41. The van der Waals surface area contributed by atoms with Crippen LogP contribution in [0.3, 0.4) is 0 Å². The van der Waals surface area contributed by atoms with Crippen molar-refractivity contribution in [2.45, 2.75) is 6.92 Å². The highest BCUT2D eigenvalue weighted by Gasteiger charge is 2.20. The van der Waals surface area contributed by atoms with Crippen molar-refractivity contribution in [1.82, 2.24) is 0 Å². The molecule has 0 radical (unpaired) electrons. The molecular formula is C20H17NO3S. The maximum absolute atomic E-state index is 12.5. The first-order valence-corrected chi connectivity index (χ1v) is 8.55. The molecule has 126 valence electrons. The van der Waals surface area contributed by atoms with Crippen molar-refractivity contribution in [2.75, 3.05) is 12.4 Å². The van der Waals surface area contributed by atoms with Gasteiger partial charge < -0.3 is 10.1 Å². The summed E-state index contributed by atoms with van der Waals surface area (Å²) in [5.74, 6) is -0.728. The third-order valence-electron chi connectivity index (χ3n) is 3.72. The van der Waals surface area contributed by atoms with Crippen LogP contribution >= 0.6 is 11.3 Å². The number of thiophene rings is 1. The zero-order valence-electron chi connectivity index (χ0n) is 13.9. The van der Waals surface area contributed by atoms with Crippen LogP contribution in [-0.2, 0) is 4.74 Å². The summed E-state index contributed by atoms with van der Waals surface area (Å²) in [6.07, 6.45) is 0. The Labute approximate surface area is 150 Å². The van der Waals surface area contributed by atoms with E-state index in [1.54, 1.807) is 18.2 Å². The second-order valence-corrected chi connectivity index (χ2v) is 6.58. The van der Waals surface area contributed by atoms with Crippen molar-refractivity contribution in [3.63, 3.8) is 0 Å². The summed E-state index contributed by atoms with van der Waals surface area (Å²) in [5, 5.41) is 2.82. The number of carbonyl (C=O) groups is 2. The summed E-state index contributed by atoms with van der Waals surface area (Å²) in [6, 6.07) is 18.8. The number of nitrogens with one attached hydrogen (secondary N) is 1. The number of methoxy groups -OCH3 is 1. The van der Waals surface area contributed by atoms with Gasteiger partial charge in [0.1, 0.15) is 4.88 Å². The first-order chi connectivity index (χ1) is 12.1. The minimum atomic E-state index is -0.466. The number of ether oxygens (including phenoxy) is 1. The molecule has 1 heterocycles. The van der Waals surface area contributed by atoms with Gasteiger partial charge in [-0.25, -0.2) is 4.79 Å². The number of carbonyl (C=O) groups excluding carboxylic acids is 2. The van der Waals surface area contributed by atoms with E-state index < -0.39 is 5.97 Å². The van der Waals surface area contributed by atoms with E-state index in [0.717, 1.165) is 16.0 Å². The van der Waals surface area contributed by atoms with Gasteiger partial charge in [0.2, 0.25) is 0 Å². The summed E-state index contributed by atoms with van der Waals surface area (Å²) in [6.45, 7) is 1.96. The first kappa shape index (κ1) is 16.9. The predicted octanol–water partition coefficient (Wildman–Crippen LogP) is 4.76. The lowest BCUT2D eigenvalue weighted by atomic mass is 10.1. The molecule has 0 saturated carbocycles. The highest BCUT2D eigenvalue weighted by Crippen LogP contribution is 2.35. The quantitative estimate of drug-likeness (QED) is 0.689. The number of rotatable bonds is 4. The molecule has 5 heteroatoms.